The van der Waals surface area contributed by atoms with Gasteiger partial charge in [-0.3, -0.25) is 9.44 Å². The topological polar surface area (TPSA) is 92.3 Å². The fourth-order valence-corrected chi connectivity index (χ4v) is 4.41. The van der Waals surface area contributed by atoms with E-state index >= 15 is 0 Å². The average Bonchev–Trinajstić information content (AvgIpc) is 2.51. The molecule has 0 fully saturated rings. The van der Waals surface area contributed by atoms with Crippen LogP contribution in [0.15, 0.2) is 48.5 Å². The van der Waals surface area contributed by atoms with E-state index in [-0.39, 0.29) is 0 Å². The summed E-state index contributed by atoms with van der Waals surface area (Å²) >= 11 is 0. The molecule has 2 aromatic carbocycles. The monoisotopic (exact) mass is 380 g/mol. The molecule has 0 radical (unpaired) electrons. The van der Waals surface area contributed by atoms with Crippen LogP contribution in [0.4, 0.5) is 24.5 Å². The van der Waals surface area contributed by atoms with Crippen LogP contribution in [-0.2, 0) is 20.0 Å². The lowest BCUT2D eigenvalue weighted by Gasteiger charge is -2.14. The molecule has 0 spiro atoms. The van der Waals surface area contributed by atoms with E-state index in [9.17, 15) is 30.0 Å². The second-order valence-corrected chi connectivity index (χ2v) is 8.24. The van der Waals surface area contributed by atoms with E-state index in [0.29, 0.717) is 0 Å². The molecule has 0 aliphatic rings. The fraction of sp³-hybridized carbons (Fsp3) is 0.0769. The first-order chi connectivity index (χ1) is 11.1. The Morgan fingerprint density at radius 3 is 1.38 bits per heavy atom. The molecular weight excluding hydrogens is 369 g/mol. The van der Waals surface area contributed by atoms with Crippen LogP contribution in [0.25, 0.3) is 0 Å². The van der Waals surface area contributed by atoms with Crippen molar-refractivity contribution >= 4 is 31.4 Å². The highest BCUT2D eigenvalue weighted by Gasteiger charge is 2.39. The summed E-state index contributed by atoms with van der Waals surface area (Å²) in [4.78, 5) is -3.50. The Hall–Kier alpha value is -2.27. The van der Waals surface area contributed by atoms with E-state index in [1.807, 2.05) is 0 Å². The summed E-state index contributed by atoms with van der Waals surface area (Å²) in [6, 6.07) is 8.81. The molecule has 6 nitrogen and oxygen atoms in total. The third-order valence-corrected chi connectivity index (χ3v) is 6.24. The molecule has 0 atom stereocenters. The molecule has 0 amide bonds. The lowest BCUT2D eigenvalue weighted by atomic mass is 10.3. The Balaban J connectivity index is 2.27. The maximum atomic E-state index is 14.0. The van der Waals surface area contributed by atoms with Gasteiger partial charge in [-0.2, -0.15) is 0 Å². The summed E-state index contributed by atoms with van der Waals surface area (Å²) in [6.45, 7) is 0. The third kappa shape index (κ3) is 3.97. The minimum atomic E-state index is -5.16. The first kappa shape index (κ1) is 18.1. The number of hydrogen-bond donors (Lipinski definition) is 2. The molecule has 0 unspecified atom stereocenters. The summed E-state index contributed by atoms with van der Waals surface area (Å²) in [6.07, 6.45) is 0. The zero-order valence-corrected chi connectivity index (χ0v) is 13.4. The van der Waals surface area contributed by atoms with Gasteiger partial charge in [0.15, 0.2) is 0 Å². The van der Waals surface area contributed by atoms with E-state index in [1.54, 1.807) is 0 Å². The second kappa shape index (κ2) is 6.69. The van der Waals surface area contributed by atoms with Crippen LogP contribution in [0.3, 0.4) is 0 Å². The van der Waals surface area contributed by atoms with Crippen molar-refractivity contribution in [1.82, 2.24) is 0 Å². The Bertz CT molecular complexity index is 872. The normalized spacial score (nSPS) is 12.2. The molecule has 0 saturated carbocycles. The molecule has 2 rings (SSSR count). The quantitative estimate of drug-likeness (QED) is 0.805. The number of rotatable bonds is 6. The van der Waals surface area contributed by atoms with Crippen molar-refractivity contribution in [1.29, 1.82) is 0 Å². The largest absolute Gasteiger partial charge is 0.336 e. The second-order valence-electron chi connectivity index (χ2n) is 4.53. The first-order valence-corrected chi connectivity index (χ1v) is 9.39. The number of sulfonamides is 2. The molecule has 0 aliphatic heterocycles. The summed E-state index contributed by atoms with van der Waals surface area (Å²) in [5.41, 5.74) is -1.25. The molecule has 24 heavy (non-hydrogen) atoms. The third-order valence-electron chi connectivity index (χ3n) is 2.74. The van der Waals surface area contributed by atoms with Crippen LogP contribution in [0.1, 0.15) is 0 Å². The summed E-state index contributed by atoms with van der Waals surface area (Å²) in [5.74, 6) is -2.04. The van der Waals surface area contributed by atoms with E-state index in [0.717, 1.165) is 24.3 Å². The van der Waals surface area contributed by atoms with Crippen molar-refractivity contribution in [2.24, 2.45) is 0 Å². The molecular formula is C13H11F3N2O4S2. The maximum absolute atomic E-state index is 14.0. The van der Waals surface area contributed by atoms with Gasteiger partial charge in [0.1, 0.15) is 11.6 Å². The van der Waals surface area contributed by atoms with Gasteiger partial charge < -0.3 is 0 Å². The smallest absolute Gasteiger partial charge is 0.277 e. The number of hydrogen-bond acceptors (Lipinski definition) is 4. The SMILES string of the molecule is O=S(=O)(Nc1ccccc1F)C(F)S(=O)(=O)Nc1ccccc1F. The van der Waals surface area contributed by atoms with E-state index in [4.69, 9.17) is 0 Å². The van der Waals surface area contributed by atoms with Gasteiger partial charge in [-0.05, 0) is 24.3 Å². The van der Waals surface area contributed by atoms with Crippen LogP contribution in [0.2, 0.25) is 0 Å². The van der Waals surface area contributed by atoms with Gasteiger partial charge in [0.05, 0.1) is 11.4 Å². The average molecular weight is 380 g/mol. The van der Waals surface area contributed by atoms with Crippen LogP contribution in [0, 0.1) is 11.6 Å². The molecule has 0 bridgehead atoms. The fourth-order valence-electron chi connectivity index (χ4n) is 1.65. The highest BCUT2D eigenvalue weighted by Crippen LogP contribution is 2.22. The zero-order chi connectivity index (χ0) is 18.0. The van der Waals surface area contributed by atoms with Crippen molar-refractivity contribution in [3.05, 3.63) is 60.2 Å². The zero-order valence-electron chi connectivity index (χ0n) is 11.8. The minimum absolute atomic E-state index is 0.624. The van der Waals surface area contributed by atoms with Gasteiger partial charge in [-0.15, -0.1) is 0 Å². The molecule has 2 aromatic rings. The van der Waals surface area contributed by atoms with Crippen molar-refractivity contribution < 1.29 is 30.0 Å². The highest BCUT2D eigenvalue weighted by atomic mass is 32.3. The standard InChI is InChI=1S/C13H11F3N2O4S2/c14-9-5-1-3-7-11(9)17-23(19,20)13(16)24(21,22)18-12-8-4-2-6-10(12)15/h1-8,13,17-18H. The highest BCUT2D eigenvalue weighted by molar-refractivity contribution is 8.09. The lowest BCUT2D eigenvalue weighted by Crippen LogP contribution is -2.35. The predicted molar refractivity (Wildman–Crippen MR) is 82.8 cm³/mol. The summed E-state index contributed by atoms with van der Waals surface area (Å²) < 4.78 is 91.1. The van der Waals surface area contributed by atoms with Gasteiger partial charge in [-0.1, -0.05) is 24.3 Å². The van der Waals surface area contributed by atoms with Crippen molar-refractivity contribution in [2.75, 3.05) is 9.44 Å². The summed E-state index contributed by atoms with van der Waals surface area (Å²) in [7, 11) is -10.3. The molecule has 0 aromatic heterocycles. The van der Waals surface area contributed by atoms with E-state index < -0.39 is 47.9 Å². The number of alkyl halides is 1. The van der Waals surface area contributed by atoms with Gasteiger partial charge in [0.2, 0.25) is 0 Å². The number of halogens is 3. The number of nitrogens with one attached hydrogen (secondary N) is 2. The van der Waals surface area contributed by atoms with E-state index in [1.165, 1.54) is 33.7 Å². The molecule has 11 heteroatoms. The van der Waals surface area contributed by atoms with Crippen LogP contribution >= 0.6 is 0 Å². The number of para-hydroxylation sites is 2. The lowest BCUT2D eigenvalue weighted by molar-refractivity contribution is 0.481. The number of benzene rings is 2. The van der Waals surface area contributed by atoms with Crippen molar-refractivity contribution in [3.63, 3.8) is 0 Å². The molecule has 0 heterocycles. The Kier molecular flexibility index (Phi) is 5.04. The predicted octanol–water partition coefficient (Wildman–Crippen LogP) is 2.40. The Labute approximate surface area is 136 Å². The van der Waals surface area contributed by atoms with Crippen LogP contribution in [-0.4, -0.2) is 21.7 Å². The van der Waals surface area contributed by atoms with Gasteiger partial charge >= 0.3 is 4.84 Å². The maximum Gasteiger partial charge on any atom is 0.336 e. The Morgan fingerprint density at radius 2 is 1.04 bits per heavy atom. The van der Waals surface area contributed by atoms with Gasteiger partial charge in [0.25, 0.3) is 20.0 Å². The molecule has 0 saturated heterocycles. The Morgan fingerprint density at radius 1 is 0.708 bits per heavy atom. The number of anilines is 2. The van der Waals surface area contributed by atoms with Crippen molar-refractivity contribution in [2.45, 2.75) is 4.84 Å². The molecule has 0 aliphatic carbocycles. The summed E-state index contributed by atoms with van der Waals surface area (Å²) in [5, 5.41) is 0. The molecule has 2 N–H and O–H groups in total. The molecule has 130 valence electrons. The van der Waals surface area contributed by atoms with Gasteiger partial charge in [-0.25, -0.2) is 30.0 Å². The van der Waals surface area contributed by atoms with Crippen LogP contribution in [0.5, 0.6) is 0 Å². The van der Waals surface area contributed by atoms with Crippen LogP contribution < -0.4 is 9.44 Å². The minimum Gasteiger partial charge on any atom is -0.277 e. The first-order valence-electron chi connectivity index (χ1n) is 6.30. The van der Waals surface area contributed by atoms with Crippen molar-refractivity contribution in [3.8, 4) is 0 Å². The van der Waals surface area contributed by atoms with Gasteiger partial charge in [0, 0.05) is 0 Å². The van der Waals surface area contributed by atoms with E-state index in [2.05, 4.69) is 0 Å².